The molecular formula is C14H19BN2O7S. The highest BCUT2D eigenvalue weighted by atomic mass is 32.2. The number of sulfonamides is 1. The van der Waals surface area contributed by atoms with Crippen molar-refractivity contribution in [1.29, 1.82) is 0 Å². The number of rotatable bonds is 7. The molecule has 25 heavy (non-hydrogen) atoms. The van der Waals surface area contributed by atoms with Gasteiger partial charge in [0, 0.05) is 6.42 Å². The van der Waals surface area contributed by atoms with Gasteiger partial charge in [0.25, 0.3) is 0 Å². The Balaban J connectivity index is 1.97. The van der Waals surface area contributed by atoms with Crippen molar-refractivity contribution in [2.75, 3.05) is 12.8 Å². The molecule has 0 spiro atoms. The fraction of sp³-hybridized carbons (Fsp3) is 0.429. The van der Waals surface area contributed by atoms with Gasteiger partial charge in [-0.25, -0.2) is 17.9 Å². The highest BCUT2D eigenvalue weighted by Crippen LogP contribution is 2.30. The zero-order valence-electron chi connectivity index (χ0n) is 13.6. The van der Waals surface area contributed by atoms with E-state index in [1.54, 1.807) is 12.1 Å². The van der Waals surface area contributed by atoms with E-state index in [4.69, 9.17) is 9.76 Å². The van der Waals surface area contributed by atoms with Crippen molar-refractivity contribution in [3.8, 4) is 5.75 Å². The van der Waals surface area contributed by atoms with Gasteiger partial charge in [-0.1, -0.05) is 12.1 Å². The number of fused-ring (bicyclic) bond motifs is 1. The number of hydrogen-bond donors (Lipinski definition) is 4. The van der Waals surface area contributed by atoms with E-state index < -0.39 is 35.0 Å². The number of aromatic carboxylic acids is 1. The van der Waals surface area contributed by atoms with Gasteiger partial charge in [-0.05, 0) is 31.5 Å². The summed E-state index contributed by atoms with van der Waals surface area (Å²) < 4.78 is 30.0. The van der Waals surface area contributed by atoms with Crippen molar-refractivity contribution in [2.24, 2.45) is 0 Å². The second-order valence-electron chi connectivity index (χ2n) is 5.61. The zero-order valence-corrected chi connectivity index (χ0v) is 14.4. The second-order valence-corrected chi connectivity index (χ2v) is 7.66. The van der Waals surface area contributed by atoms with Crippen molar-refractivity contribution in [1.82, 2.24) is 10.0 Å². The molecule has 1 aliphatic rings. The van der Waals surface area contributed by atoms with E-state index in [0.29, 0.717) is 5.56 Å². The lowest BCUT2D eigenvalue weighted by atomic mass is 9.72. The molecule has 1 aromatic rings. The van der Waals surface area contributed by atoms with Crippen LogP contribution in [0.15, 0.2) is 18.2 Å². The number of carbonyl (C=O) groups is 2. The van der Waals surface area contributed by atoms with E-state index in [-0.39, 0.29) is 36.3 Å². The van der Waals surface area contributed by atoms with E-state index in [0.717, 1.165) is 0 Å². The lowest BCUT2D eigenvalue weighted by Gasteiger charge is -2.28. The Labute approximate surface area is 145 Å². The monoisotopic (exact) mass is 370 g/mol. The van der Waals surface area contributed by atoms with Crippen molar-refractivity contribution < 1.29 is 32.8 Å². The van der Waals surface area contributed by atoms with Gasteiger partial charge < -0.3 is 20.1 Å². The molecule has 2 rings (SSSR count). The normalized spacial score (nSPS) is 16.7. The Morgan fingerprint density at radius 3 is 2.76 bits per heavy atom. The van der Waals surface area contributed by atoms with Gasteiger partial charge in [0.15, 0.2) is 0 Å². The third kappa shape index (κ3) is 4.94. The number of benzene rings is 1. The summed E-state index contributed by atoms with van der Waals surface area (Å²) in [6.45, 7) is 0. The van der Waals surface area contributed by atoms with Crippen molar-refractivity contribution >= 4 is 29.0 Å². The predicted octanol–water partition coefficient (Wildman–Crippen LogP) is -0.846. The topological polar surface area (TPSA) is 142 Å². The minimum absolute atomic E-state index is 0.0217. The summed E-state index contributed by atoms with van der Waals surface area (Å²) in [5.74, 6) is -2.42. The van der Waals surface area contributed by atoms with Gasteiger partial charge in [0.1, 0.15) is 5.75 Å². The molecule has 0 aromatic heterocycles. The molecule has 1 aromatic carbocycles. The fourth-order valence-corrected chi connectivity index (χ4v) is 3.25. The molecule has 9 nitrogen and oxygen atoms in total. The van der Waals surface area contributed by atoms with Crippen LogP contribution in [0.3, 0.4) is 0 Å². The van der Waals surface area contributed by atoms with Crippen molar-refractivity contribution in [3.63, 3.8) is 0 Å². The highest BCUT2D eigenvalue weighted by Gasteiger charge is 2.37. The van der Waals surface area contributed by atoms with Crippen molar-refractivity contribution in [2.45, 2.75) is 25.2 Å². The Hall–Kier alpha value is -2.11. The number of para-hydroxylation sites is 1. The number of amides is 1. The quantitative estimate of drug-likeness (QED) is 0.458. The van der Waals surface area contributed by atoms with Crippen LogP contribution in [0.5, 0.6) is 5.75 Å². The molecule has 0 radical (unpaired) electrons. The lowest BCUT2D eigenvalue weighted by Crippen LogP contribution is -2.53. The first-order valence-electron chi connectivity index (χ1n) is 7.64. The summed E-state index contributed by atoms with van der Waals surface area (Å²) in [4.78, 5) is 23.1. The van der Waals surface area contributed by atoms with E-state index >= 15 is 0 Å². The Bertz CT molecular complexity index is 768. The maximum absolute atomic E-state index is 11.9. The number of carboxylic acid groups (broad SMARTS) is 1. The molecule has 1 amide bonds. The van der Waals surface area contributed by atoms with Crippen LogP contribution >= 0.6 is 0 Å². The molecule has 0 fully saturated rings. The summed E-state index contributed by atoms with van der Waals surface area (Å²) in [6, 6.07) is 4.59. The smallest absolute Gasteiger partial charge is 0.534 e. The van der Waals surface area contributed by atoms with Crippen LogP contribution in [0.4, 0.5) is 0 Å². The molecule has 11 heteroatoms. The van der Waals surface area contributed by atoms with Crippen LogP contribution in [0.1, 0.15) is 28.8 Å². The van der Waals surface area contributed by atoms with Crippen molar-refractivity contribution in [3.05, 3.63) is 29.3 Å². The first-order chi connectivity index (χ1) is 11.7. The molecule has 1 unspecified atom stereocenters. The second kappa shape index (κ2) is 7.85. The fourth-order valence-electron chi connectivity index (χ4n) is 2.52. The molecule has 136 valence electrons. The Morgan fingerprint density at radius 2 is 2.12 bits per heavy atom. The van der Waals surface area contributed by atoms with Crippen LogP contribution in [0.25, 0.3) is 0 Å². The van der Waals surface area contributed by atoms with Crippen LogP contribution in [0.2, 0.25) is 0 Å². The SMILES string of the molecule is CNS(=O)(=O)CCCC(=O)NC1Cc2cccc(C(=O)O)c2OB1O. The third-order valence-electron chi connectivity index (χ3n) is 3.82. The summed E-state index contributed by atoms with van der Waals surface area (Å²) in [6.07, 6.45) is 0.322. The number of nitrogens with one attached hydrogen (secondary N) is 2. The highest BCUT2D eigenvalue weighted by molar-refractivity contribution is 7.89. The summed E-state index contributed by atoms with van der Waals surface area (Å²) >= 11 is 0. The molecular weight excluding hydrogens is 351 g/mol. The van der Waals surface area contributed by atoms with E-state index in [9.17, 15) is 23.0 Å². The van der Waals surface area contributed by atoms with Gasteiger partial charge in [0.2, 0.25) is 15.9 Å². The minimum Gasteiger partial charge on any atom is -0.534 e. The maximum Gasteiger partial charge on any atom is 0.547 e. The van der Waals surface area contributed by atoms with E-state index in [1.165, 1.54) is 13.1 Å². The van der Waals surface area contributed by atoms with Gasteiger partial charge in [-0.3, -0.25) is 4.79 Å². The molecule has 0 bridgehead atoms. The zero-order chi connectivity index (χ0) is 18.6. The Kier molecular flexibility index (Phi) is 6.04. The summed E-state index contributed by atoms with van der Waals surface area (Å²) in [5.41, 5.74) is 0.506. The molecule has 1 aliphatic heterocycles. The predicted molar refractivity (Wildman–Crippen MR) is 89.7 cm³/mol. The maximum atomic E-state index is 11.9. The Morgan fingerprint density at radius 1 is 1.40 bits per heavy atom. The molecule has 0 saturated heterocycles. The number of carboxylic acids is 1. The van der Waals surface area contributed by atoms with E-state index in [2.05, 4.69) is 10.0 Å². The van der Waals surface area contributed by atoms with Gasteiger partial charge in [-0.2, -0.15) is 0 Å². The summed E-state index contributed by atoms with van der Waals surface area (Å²) in [5, 5.41) is 21.7. The molecule has 0 aliphatic carbocycles. The average molecular weight is 370 g/mol. The number of hydrogen-bond acceptors (Lipinski definition) is 6. The van der Waals surface area contributed by atoms with Crippen LogP contribution < -0.4 is 14.7 Å². The first kappa shape index (κ1) is 19.2. The largest absolute Gasteiger partial charge is 0.547 e. The lowest BCUT2D eigenvalue weighted by molar-refractivity contribution is -0.121. The van der Waals surface area contributed by atoms with Crippen LogP contribution in [0, 0.1) is 0 Å². The van der Waals surface area contributed by atoms with E-state index in [1.807, 2.05) is 0 Å². The van der Waals surface area contributed by atoms with Gasteiger partial charge >= 0.3 is 13.1 Å². The number of carbonyl (C=O) groups excluding carboxylic acids is 1. The minimum atomic E-state index is -3.37. The first-order valence-corrected chi connectivity index (χ1v) is 9.29. The average Bonchev–Trinajstić information content (AvgIpc) is 2.54. The van der Waals surface area contributed by atoms with Crippen LogP contribution in [-0.4, -0.2) is 56.3 Å². The summed E-state index contributed by atoms with van der Waals surface area (Å²) in [7, 11) is -3.46. The standard InChI is InChI=1S/C14H19BN2O7S/c1-16-25(22,23)7-3-6-12(18)17-11-8-9-4-2-5-10(14(19)20)13(9)24-15(11)21/h2,4-5,11,16,21H,3,6-8H2,1H3,(H,17,18)(H,19,20). The molecule has 1 atom stereocenters. The van der Waals surface area contributed by atoms with Crippen LogP contribution in [-0.2, 0) is 21.2 Å². The van der Waals surface area contributed by atoms with Gasteiger partial charge in [0.05, 0.1) is 17.3 Å². The molecule has 4 N–H and O–H groups in total. The molecule has 0 saturated carbocycles. The molecule has 1 heterocycles. The third-order valence-corrected chi connectivity index (χ3v) is 5.27. The van der Waals surface area contributed by atoms with Gasteiger partial charge in [-0.15, -0.1) is 0 Å².